The molecule has 1 aromatic heterocycles. The predicted octanol–water partition coefficient (Wildman–Crippen LogP) is 3.65. The molecule has 1 nitrogen and oxygen atoms in total. The number of hydrogen-bond donors (Lipinski definition) is 0. The van der Waals surface area contributed by atoms with E-state index in [-0.39, 0.29) is 0 Å². The van der Waals surface area contributed by atoms with Crippen LogP contribution >= 0.6 is 22.9 Å². The average molecular weight is 244 g/mol. The molecule has 2 heterocycles. The second-order valence-electron chi connectivity index (χ2n) is 4.34. The van der Waals surface area contributed by atoms with Crippen LogP contribution in [0.3, 0.4) is 0 Å². The number of likely N-dealkylation sites (tertiary alicyclic amines) is 1. The normalized spacial score (nSPS) is 23.2. The molecule has 1 atom stereocenters. The molecule has 1 fully saturated rings. The van der Waals surface area contributed by atoms with E-state index >= 15 is 0 Å². The average Bonchev–Trinajstić information content (AvgIpc) is 2.65. The lowest BCUT2D eigenvalue weighted by Crippen LogP contribution is -2.39. The summed E-state index contributed by atoms with van der Waals surface area (Å²) in [7, 11) is 0. The number of nitrogens with zero attached hydrogens (tertiary/aromatic N) is 1. The largest absolute Gasteiger partial charge is 0.295 e. The van der Waals surface area contributed by atoms with Crippen molar-refractivity contribution in [2.45, 2.75) is 38.8 Å². The summed E-state index contributed by atoms with van der Waals surface area (Å²) in [6.45, 7) is 4.47. The van der Waals surface area contributed by atoms with E-state index in [9.17, 15) is 0 Å². The summed E-state index contributed by atoms with van der Waals surface area (Å²) >= 11 is 7.85. The van der Waals surface area contributed by atoms with Crippen LogP contribution in [0.15, 0.2) is 11.4 Å². The van der Waals surface area contributed by atoms with Crippen LogP contribution in [-0.4, -0.2) is 23.4 Å². The zero-order valence-electron chi connectivity index (χ0n) is 9.21. The van der Waals surface area contributed by atoms with E-state index in [1.165, 1.54) is 36.2 Å². The molecule has 1 aliphatic rings. The van der Waals surface area contributed by atoms with Crippen molar-refractivity contribution in [2.24, 2.45) is 0 Å². The predicted molar refractivity (Wildman–Crippen MR) is 67.8 cm³/mol. The summed E-state index contributed by atoms with van der Waals surface area (Å²) in [6.07, 6.45) is 3.94. The van der Waals surface area contributed by atoms with Crippen LogP contribution in [0.25, 0.3) is 0 Å². The molecule has 0 bridgehead atoms. The molecule has 15 heavy (non-hydrogen) atoms. The van der Waals surface area contributed by atoms with Gasteiger partial charge in [-0.25, -0.2) is 0 Å². The van der Waals surface area contributed by atoms with Gasteiger partial charge in [0.15, 0.2) is 0 Å². The summed E-state index contributed by atoms with van der Waals surface area (Å²) in [6, 6.07) is 2.89. The minimum atomic E-state index is 0.598. The monoisotopic (exact) mass is 243 g/mol. The number of aryl methyl sites for hydroxylation is 1. The third kappa shape index (κ3) is 2.96. The fourth-order valence-corrected chi connectivity index (χ4v) is 3.31. The maximum atomic E-state index is 6.01. The molecule has 0 amide bonds. The van der Waals surface area contributed by atoms with Crippen LogP contribution in [-0.2, 0) is 6.54 Å². The first kappa shape index (κ1) is 11.4. The van der Waals surface area contributed by atoms with Crippen LogP contribution in [0.1, 0.15) is 29.7 Å². The molecule has 0 radical (unpaired) electrons. The Morgan fingerprint density at radius 1 is 1.53 bits per heavy atom. The lowest BCUT2D eigenvalue weighted by Gasteiger charge is -2.34. The van der Waals surface area contributed by atoms with Gasteiger partial charge in [-0.15, -0.1) is 22.9 Å². The van der Waals surface area contributed by atoms with Crippen LogP contribution < -0.4 is 0 Å². The molecule has 3 heteroatoms. The Morgan fingerprint density at radius 2 is 2.40 bits per heavy atom. The number of alkyl halides is 1. The molecule has 0 N–H and O–H groups in total. The number of halogens is 1. The van der Waals surface area contributed by atoms with E-state index in [1.54, 1.807) is 0 Å². The standard InChI is InChI=1S/C12H18ClNS/c1-10-6-11(9-15-10)8-14-5-3-2-4-12(14)7-13/h6,9,12H,2-5,7-8H2,1H3. The maximum Gasteiger partial charge on any atom is 0.0379 e. The zero-order chi connectivity index (χ0) is 10.7. The van der Waals surface area contributed by atoms with Crippen molar-refractivity contribution >= 4 is 22.9 Å². The summed E-state index contributed by atoms with van der Waals surface area (Å²) in [5, 5.41) is 2.27. The molecule has 1 saturated heterocycles. The molecular formula is C12H18ClNS. The minimum absolute atomic E-state index is 0.598. The second-order valence-corrected chi connectivity index (χ2v) is 5.76. The van der Waals surface area contributed by atoms with E-state index in [1.807, 2.05) is 11.3 Å². The Labute approximate surface area is 101 Å². The van der Waals surface area contributed by atoms with Gasteiger partial charge in [0, 0.05) is 23.3 Å². The quantitative estimate of drug-likeness (QED) is 0.733. The number of piperidine rings is 1. The fraction of sp³-hybridized carbons (Fsp3) is 0.667. The summed E-state index contributed by atoms with van der Waals surface area (Å²) in [4.78, 5) is 3.95. The van der Waals surface area contributed by atoms with Crippen molar-refractivity contribution in [2.75, 3.05) is 12.4 Å². The topological polar surface area (TPSA) is 3.24 Å². The van der Waals surface area contributed by atoms with Crippen molar-refractivity contribution in [1.29, 1.82) is 0 Å². The van der Waals surface area contributed by atoms with Gasteiger partial charge in [-0.3, -0.25) is 4.90 Å². The summed E-state index contributed by atoms with van der Waals surface area (Å²) in [5.41, 5.74) is 1.45. The lowest BCUT2D eigenvalue weighted by molar-refractivity contribution is 0.155. The van der Waals surface area contributed by atoms with Crippen molar-refractivity contribution in [3.63, 3.8) is 0 Å². The molecule has 1 aromatic rings. The summed E-state index contributed by atoms with van der Waals surface area (Å²) < 4.78 is 0. The Kier molecular flexibility index (Phi) is 4.06. The van der Waals surface area contributed by atoms with Gasteiger partial charge >= 0.3 is 0 Å². The molecular weight excluding hydrogens is 226 g/mol. The Bertz CT molecular complexity index is 310. The molecule has 2 rings (SSSR count). The zero-order valence-corrected chi connectivity index (χ0v) is 10.8. The number of hydrogen-bond acceptors (Lipinski definition) is 2. The number of rotatable bonds is 3. The maximum absolute atomic E-state index is 6.01. The van der Waals surface area contributed by atoms with Crippen molar-refractivity contribution in [3.8, 4) is 0 Å². The first-order chi connectivity index (χ1) is 7.29. The van der Waals surface area contributed by atoms with E-state index in [2.05, 4.69) is 23.3 Å². The second kappa shape index (κ2) is 5.33. The van der Waals surface area contributed by atoms with Gasteiger partial charge in [0.1, 0.15) is 0 Å². The van der Waals surface area contributed by atoms with Gasteiger partial charge in [-0.2, -0.15) is 0 Å². The number of thiophene rings is 1. The van der Waals surface area contributed by atoms with Gasteiger partial charge in [0.2, 0.25) is 0 Å². The third-order valence-corrected chi connectivity index (χ3v) is 4.36. The third-order valence-electron chi connectivity index (χ3n) is 3.10. The van der Waals surface area contributed by atoms with Crippen molar-refractivity contribution in [3.05, 3.63) is 21.9 Å². The molecule has 0 spiro atoms. The highest BCUT2D eigenvalue weighted by molar-refractivity contribution is 7.10. The van der Waals surface area contributed by atoms with Gasteiger partial charge in [0.25, 0.3) is 0 Å². The molecule has 84 valence electrons. The van der Waals surface area contributed by atoms with Crippen molar-refractivity contribution in [1.82, 2.24) is 4.90 Å². The smallest absolute Gasteiger partial charge is 0.0379 e. The lowest BCUT2D eigenvalue weighted by atomic mass is 10.0. The van der Waals surface area contributed by atoms with Crippen molar-refractivity contribution < 1.29 is 0 Å². The first-order valence-corrected chi connectivity index (χ1v) is 7.05. The molecule has 1 unspecified atom stereocenters. The van der Waals surface area contributed by atoms with Crippen LogP contribution in [0.5, 0.6) is 0 Å². The van der Waals surface area contributed by atoms with E-state index < -0.39 is 0 Å². The first-order valence-electron chi connectivity index (χ1n) is 5.63. The molecule has 1 aliphatic heterocycles. The van der Waals surface area contributed by atoms with Gasteiger partial charge < -0.3 is 0 Å². The Hall–Kier alpha value is -0.0500. The SMILES string of the molecule is Cc1cc(CN2CCCCC2CCl)cs1. The van der Waals surface area contributed by atoms with E-state index in [0.717, 1.165) is 12.4 Å². The minimum Gasteiger partial charge on any atom is -0.295 e. The fourth-order valence-electron chi connectivity index (χ4n) is 2.26. The van der Waals surface area contributed by atoms with Crippen LogP contribution in [0.2, 0.25) is 0 Å². The van der Waals surface area contributed by atoms with E-state index in [0.29, 0.717) is 6.04 Å². The van der Waals surface area contributed by atoms with E-state index in [4.69, 9.17) is 11.6 Å². The Morgan fingerprint density at radius 3 is 3.07 bits per heavy atom. The van der Waals surface area contributed by atoms with Crippen LogP contribution in [0, 0.1) is 6.92 Å². The highest BCUT2D eigenvalue weighted by atomic mass is 35.5. The highest BCUT2D eigenvalue weighted by Gasteiger charge is 2.21. The molecule has 0 saturated carbocycles. The Balaban J connectivity index is 1.97. The van der Waals surface area contributed by atoms with Gasteiger partial charge in [-0.1, -0.05) is 6.42 Å². The van der Waals surface area contributed by atoms with Crippen LogP contribution in [0.4, 0.5) is 0 Å². The highest BCUT2D eigenvalue weighted by Crippen LogP contribution is 2.22. The molecule has 0 aliphatic carbocycles. The summed E-state index contributed by atoms with van der Waals surface area (Å²) in [5.74, 6) is 0.781. The van der Waals surface area contributed by atoms with Gasteiger partial charge in [0.05, 0.1) is 0 Å². The van der Waals surface area contributed by atoms with Gasteiger partial charge in [-0.05, 0) is 43.3 Å². The molecule has 0 aromatic carbocycles.